The van der Waals surface area contributed by atoms with Crippen LogP contribution in [0.1, 0.15) is 30.0 Å². The van der Waals surface area contributed by atoms with Gasteiger partial charge in [-0.1, -0.05) is 0 Å². The van der Waals surface area contributed by atoms with Crippen LogP contribution in [0.2, 0.25) is 0 Å². The molecule has 1 fully saturated rings. The van der Waals surface area contributed by atoms with E-state index in [1.165, 1.54) is 0 Å². The summed E-state index contributed by atoms with van der Waals surface area (Å²) in [4.78, 5) is 12.0. The van der Waals surface area contributed by atoms with Gasteiger partial charge in [0.2, 0.25) is 5.91 Å². The van der Waals surface area contributed by atoms with Crippen molar-refractivity contribution in [2.45, 2.75) is 31.3 Å². The van der Waals surface area contributed by atoms with Gasteiger partial charge in [0.25, 0.3) is 0 Å². The Morgan fingerprint density at radius 1 is 1.62 bits per heavy atom. The molecule has 3 rings (SSSR count). The second kappa shape index (κ2) is 3.59. The van der Waals surface area contributed by atoms with Gasteiger partial charge in [-0.2, -0.15) is 5.10 Å². The number of amides is 1. The molecular weight excluding hydrogens is 204 g/mol. The van der Waals surface area contributed by atoms with Crippen LogP contribution in [0.15, 0.2) is 6.20 Å². The van der Waals surface area contributed by atoms with E-state index in [4.69, 9.17) is 0 Å². The van der Waals surface area contributed by atoms with Crippen molar-refractivity contribution in [2.75, 3.05) is 6.54 Å². The number of hydrogen-bond donors (Lipinski definition) is 2. The molecule has 16 heavy (non-hydrogen) atoms. The molecule has 0 spiro atoms. The first-order chi connectivity index (χ1) is 7.74. The zero-order chi connectivity index (χ0) is 11.1. The fraction of sp³-hybridized carbons (Fsp3) is 0.636. The summed E-state index contributed by atoms with van der Waals surface area (Å²) < 4.78 is 1.79. The minimum Gasteiger partial charge on any atom is -0.353 e. The Bertz CT molecular complexity index is 422. The quantitative estimate of drug-likeness (QED) is 0.731. The van der Waals surface area contributed by atoms with Crippen LogP contribution in [0.25, 0.3) is 0 Å². The zero-order valence-electron chi connectivity index (χ0n) is 9.36. The Kier molecular flexibility index (Phi) is 2.21. The molecule has 2 N–H and O–H groups in total. The van der Waals surface area contributed by atoms with Crippen LogP contribution in [-0.4, -0.2) is 28.3 Å². The van der Waals surface area contributed by atoms with Crippen LogP contribution in [0, 0.1) is 0 Å². The maximum atomic E-state index is 12.0. The number of carbonyl (C=O) groups is 1. The highest BCUT2D eigenvalue weighted by Crippen LogP contribution is 2.25. The second-order valence-electron chi connectivity index (χ2n) is 4.68. The van der Waals surface area contributed by atoms with Crippen LogP contribution < -0.4 is 10.6 Å². The zero-order valence-corrected chi connectivity index (χ0v) is 9.36. The number of nitrogens with one attached hydrogen (secondary N) is 2. The fourth-order valence-corrected chi connectivity index (χ4v) is 2.18. The van der Waals surface area contributed by atoms with Gasteiger partial charge in [-0.15, -0.1) is 0 Å². The SMILES string of the molecule is Cn1cc2c(n1)C(C(=O)NC1CC1)CNC2. The van der Waals surface area contributed by atoms with Gasteiger partial charge >= 0.3 is 0 Å². The first kappa shape index (κ1) is 9.84. The summed E-state index contributed by atoms with van der Waals surface area (Å²) in [5, 5.41) is 10.7. The van der Waals surface area contributed by atoms with E-state index in [9.17, 15) is 4.79 Å². The van der Waals surface area contributed by atoms with Gasteiger partial charge in [0.15, 0.2) is 0 Å². The van der Waals surface area contributed by atoms with Gasteiger partial charge in [-0.25, -0.2) is 0 Å². The lowest BCUT2D eigenvalue weighted by molar-refractivity contribution is -0.122. The monoisotopic (exact) mass is 220 g/mol. The van der Waals surface area contributed by atoms with Gasteiger partial charge in [-0.3, -0.25) is 9.48 Å². The third kappa shape index (κ3) is 1.71. The van der Waals surface area contributed by atoms with Crippen molar-refractivity contribution in [3.63, 3.8) is 0 Å². The Morgan fingerprint density at radius 2 is 2.44 bits per heavy atom. The van der Waals surface area contributed by atoms with Gasteiger partial charge < -0.3 is 10.6 Å². The van der Waals surface area contributed by atoms with E-state index in [-0.39, 0.29) is 11.8 Å². The largest absolute Gasteiger partial charge is 0.353 e. The maximum absolute atomic E-state index is 12.0. The smallest absolute Gasteiger partial charge is 0.230 e. The molecule has 0 radical (unpaired) electrons. The van der Waals surface area contributed by atoms with Crippen molar-refractivity contribution in [2.24, 2.45) is 7.05 Å². The van der Waals surface area contributed by atoms with E-state index in [0.29, 0.717) is 12.6 Å². The summed E-state index contributed by atoms with van der Waals surface area (Å²) in [5.41, 5.74) is 2.09. The molecule has 0 bridgehead atoms. The van der Waals surface area contributed by atoms with E-state index >= 15 is 0 Å². The minimum atomic E-state index is -0.120. The molecule has 1 aliphatic carbocycles. The van der Waals surface area contributed by atoms with Crippen molar-refractivity contribution in [3.8, 4) is 0 Å². The number of aryl methyl sites for hydroxylation is 1. The molecule has 1 atom stereocenters. The Balaban J connectivity index is 1.82. The molecule has 0 aromatic carbocycles. The van der Waals surface area contributed by atoms with Crippen molar-refractivity contribution in [3.05, 3.63) is 17.5 Å². The number of rotatable bonds is 2. The average molecular weight is 220 g/mol. The number of carbonyl (C=O) groups excluding carboxylic acids is 1. The van der Waals surface area contributed by atoms with Crippen LogP contribution in [-0.2, 0) is 18.4 Å². The molecule has 2 aliphatic rings. The number of aromatic nitrogens is 2. The lowest BCUT2D eigenvalue weighted by Gasteiger charge is -2.21. The van der Waals surface area contributed by atoms with Crippen molar-refractivity contribution in [1.82, 2.24) is 20.4 Å². The number of hydrogen-bond acceptors (Lipinski definition) is 3. The molecule has 86 valence electrons. The minimum absolute atomic E-state index is 0.120. The Labute approximate surface area is 94.2 Å². The summed E-state index contributed by atoms with van der Waals surface area (Å²) in [5.74, 6) is 0.000185. The van der Waals surface area contributed by atoms with Gasteiger partial charge in [-0.05, 0) is 12.8 Å². The van der Waals surface area contributed by atoms with Crippen LogP contribution >= 0.6 is 0 Å². The summed E-state index contributed by atoms with van der Waals surface area (Å²) in [6, 6.07) is 0.418. The first-order valence-electron chi connectivity index (χ1n) is 5.77. The normalized spacial score (nSPS) is 23.9. The third-order valence-corrected chi connectivity index (χ3v) is 3.17. The van der Waals surface area contributed by atoms with Crippen LogP contribution in [0.3, 0.4) is 0 Å². The molecule has 5 nitrogen and oxygen atoms in total. The van der Waals surface area contributed by atoms with Gasteiger partial charge in [0.1, 0.15) is 0 Å². The number of fused-ring (bicyclic) bond motifs is 1. The third-order valence-electron chi connectivity index (χ3n) is 3.17. The van der Waals surface area contributed by atoms with Crippen molar-refractivity contribution in [1.29, 1.82) is 0 Å². The molecule has 1 aromatic heterocycles. The molecule has 1 aromatic rings. The van der Waals surface area contributed by atoms with E-state index in [1.807, 2.05) is 13.2 Å². The lowest BCUT2D eigenvalue weighted by atomic mass is 9.97. The summed E-state index contributed by atoms with van der Waals surface area (Å²) in [7, 11) is 1.90. The highest BCUT2D eigenvalue weighted by molar-refractivity contribution is 5.84. The average Bonchev–Trinajstić information content (AvgIpc) is 2.96. The molecule has 1 aliphatic heterocycles. The molecule has 1 unspecified atom stereocenters. The van der Waals surface area contributed by atoms with Crippen molar-refractivity contribution >= 4 is 5.91 Å². The maximum Gasteiger partial charge on any atom is 0.230 e. The number of nitrogens with zero attached hydrogens (tertiary/aromatic N) is 2. The molecular formula is C11H16N4O. The summed E-state index contributed by atoms with van der Waals surface area (Å²) in [6.07, 6.45) is 4.24. The fourth-order valence-electron chi connectivity index (χ4n) is 2.18. The Morgan fingerprint density at radius 3 is 3.19 bits per heavy atom. The first-order valence-corrected chi connectivity index (χ1v) is 5.77. The molecule has 5 heteroatoms. The predicted molar refractivity (Wildman–Crippen MR) is 58.8 cm³/mol. The van der Waals surface area contributed by atoms with E-state index in [2.05, 4.69) is 15.7 Å². The van der Waals surface area contributed by atoms with E-state index < -0.39 is 0 Å². The predicted octanol–water partition coefficient (Wildman–Crippen LogP) is -0.115. The second-order valence-corrected chi connectivity index (χ2v) is 4.68. The standard InChI is InChI=1S/C11H16N4O/c1-15-6-7-4-12-5-9(10(7)14-15)11(16)13-8-2-3-8/h6,8-9,12H,2-5H2,1H3,(H,13,16). The lowest BCUT2D eigenvalue weighted by Crippen LogP contribution is -2.39. The van der Waals surface area contributed by atoms with E-state index in [0.717, 1.165) is 30.6 Å². The molecule has 1 amide bonds. The highest BCUT2D eigenvalue weighted by Gasteiger charge is 2.32. The van der Waals surface area contributed by atoms with Crippen LogP contribution in [0.4, 0.5) is 0 Å². The van der Waals surface area contributed by atoms with Gasteiger partial charge in [0.05, 0.1) is 11.6 Å². The van der Waals surface area contributed by atoms with Crippen molar-refractivity contribution < 1.29 is 4.79 Å². The summed E-state index contributed by atoms with van der Waals surface area (Å²) in [6.45, 7) is 1.51. The van der Waals surface area contributed by atoms with Crippen LogP contribution in [0.5, 0.6) is 0 Å². The van der Waals surface area contributed by atoms with Gasteiger partial charge in [0, 0.05) is 37.9 Å². The topological polar surface area (TPSA) is 59.0 Å². The molecule has 2 heterocycles. The highest BCUT2D eigenvalue weighted by atomic mass is 16.2. The molecule has 1 saturated carbocycles. The van der Waals surface area contributed by atoms with E-state index in [1.54, 1.807) is 4.68 Å². The molecule has 0 saturated heterocycles. The summed E-state index contributed by atoms with van der Waals surface area (Å²) >= 11 is 0. The Hall–Kier alpha value is -1.36.